The van der Waals surface area contributed by atoms with Gasteiger partial charge in [0.25, 0.3) is 0 Å². The number of sulfone groups is 1. The molecule has 1 aliphatic heterocycles. The molecule has 1 atom stereocenters. The zero-order valence-electron chi connectivity index (χ0n) is 11.2. The first-order valence-corrected chi connectivity index (χ1v) is 8.43. The Balaban J connectivity index is 2.48. The van der Waals surface area contributed by atoms with Crippen LogP contribution < -0.4 is 0 Å². The van der Waals surface area contributed by atoms with Crippen molar-refractivity contribution in [1.82, 2.24) is 4.90 Å². The van der Waals surface area contributed by atoms with Crippen LogP contribution in [-0.2, 0) is 19.4 Å². The topological polar surface area (TPSA) is 63.7 Å². The van der Waals surface area contributed by atoms with Crippen molar-refractivity contribution in [2.75, 3.05) is 31.2 Å². The van der Waals surface area contributed by atoms with Crippen LogP contribution in [0.5, 0.6) is 0 Å². The smallest absolute Gasteiger partial charge is 0.323 e. The monoisotopic (exact) mass is 277 g/mol. The van der Waals surface area contributed by atoms with Crippen LogP contribution in [-0.4, -0.2) is 56.5 Å². The largest absolute Gasteiger partial charge is 0.465 e. The number of carbonyl (C=O) groups is 1. The predicted molar refractivity (Wildman–Crippen MR) is 70.2 cm³/mol. The van der Waals surface area contributed by atoms with E-state index in [9.17, 15) is 13.2 Å². The second-order valence-corrected chi connectivity index (χ2v) is 6.90. The third-order valence-corrected chi connectivity index (χ3v) is 4.96. The van der Waals surface area contributed by atoms with Crippen molar-refractivity contribution in [1.29, 1.82) is 0 Å². The van der Waals surface area contributed by atoms with E-state index in [1.54, 1.807) is 6.92 Å². The molecule has 1 unspecified atom stereocenters. The van der Waals surface area contributed by atoms with Gasteiger partial charge in [-0.25, -0.2) is 8.42 Å². The van der Waals surface area contributed by atoms with Crippen LogP contribution in [0.2, 0.25) is 0 Å². The molecule has 1 saturated heterocycles. The first kappa shape index (κ1) is 15.4. The van der Waals surface area contributed by atoms with Crippen LogP contribution >= 0.6 is 0 Å². The fourth-order valence-corrected chi connectivity index (χ4v) is 3.61. The number of hydrogen-bond acceptors (Lipinski definition) is 5. The molecule has 0 bridgehead atoms. The molecule has 1 aliphatic rings. The Kier molecular flexibility index (Phi) is 6.08. The molecule has 1 heterocycles. The molecule has 106 valence electrons. The van der Waals surface area contributed by atoms with E-state index in [1.807, 2.05) is 11.8 Å². The molecule has 0 aromatic rings. The molecule has 0 amide bonds. The third-order valence-electron chi connectivity index (χ3n) is 3.13. The highest BCUT2D eigenvalue weighted by atomic mass is 32.2. The Labute approximate surface area is 109 Å². The van der Waals surface area contributed by atoms with Crippen LogP contribution in [0.4, 0.5) is 0 Å². The second kappa shape index (κ2) is 7.09. The Morgan fingerprint density at radius 2 is 2.06 bits per heavy atom. The summed E-state index contributed by atoms with van der Waals surface area (Å²) in [6, 6.07) is -0.248. The molecule has 1 rings (SSSR count). The summed E-state index contributed by atoms with van der Waals surface area (Å²) < 4.78 is 28.3. The van der Waals surface area contributed by atoms with E-state index in [0.29, 0.717) is 19.6 Å². The summed E-state index contributed by atoms with van der Waals surface area (Å²) in [5.41, 5.74) is 0. The van der Waals surface area contributed by atoms with E-state index < -0.39 is 9.84 Å². The van der Waals surface area contributed by atoms with E-state index in [2.05, 4.69) is 0 Å². The van der Waals surface area contributed by atoms with E-state index in [-0.39, 0.29) is 23.5 Å². The van der Waals surface area contributed by atoms with Gasteiger partial charge in [-0.3, -0.25) is 9.69 Å². The van der Waals surface area contributed by atoms with Crippen LogP contribution in [0.15, 0.2) is 0 Å². The van der Waals surface area contributed by atoms with Gasteiger partial charge in [0.05, 0.1) is 12.4 Å². The van der Waals surface area contributed by atoms with Gasteiger partial charge in [0, 0.05) is 12.3 Å². The molecule has 0 aliphatic carbocycles. The molecule has 0 radical (unpaired) electrons. The lowest BCUT2D eigenvalue weighted by molar-refractivity contribution is -0.148. The van der Waals surface area contributed by atoms with Crippen molar-refractivity contribution in [2.45, 2.75) is 39.2 Å². The Morgan fingerprint density at radius 3 is 2.67 bits per heavy atom. The molecule has 0 aromatic carbocycles. The highest BCUT2D eigenvalue weighted by molar-refractivity contribution is 7.91. The van der Waals surface area contributed by atoms with Crippen molar-refractivity contribution >= 4 is 15.8 Å². The summed E-state index contributed by atoms with van der Waals surface area (Å²) in [4.78, 5) is 13.6. The van der Waals surface area contributed by atoms with E-state index in [4.69, 9.17) is 4.74 Å². The van der Waals surface area contributed by atoms with Gasteiger partial charge in [0.1, 0.15) is 6.04 Å². The molecule has 0 saturated carbocycles. The minimum absolute atomic E-state index is 0.136. The average Bonchev–Trinajstić information content (AvgIpc) is 2.75. The van der Waals surface area contributed by atoms with Crippen LogP contribution in [0, 0.1) is 0 Å². The number of hydrogen-bond donors (Lipinski definition) is 0. The number of esters is 1. The quantitative estimate of drug-likeness (QED) is 0.645. The van der Waals surface area contributed by atoms with Gasteiger partial charge < -0.3 is 4.74 Å². The minimum Gasteiger partial charge on any atom is -0.465 e. The lowest BCUT2D eigenvalue weighted by Gasteiger charge is -2.22. The molecule has 1 fully saturated rings. The standard InChI is InChI=1S/C12H23NO4S/c1-3-9-18(15,16)10-8-13-7-5-6-11(13)12(14)17-4-2/h11H,3-10H2,1-2H3. The highest BCUT2D eigenvalue weighted by Crippen LogP contribution is 2.18. The van der Waals surface area contributed by atoms with Gasteiger partial charge >= 0.3 is 5.97 Å². The number of carbonyl (C=O) groups excluding carboxylic acids is 1. The zero-order valence-corrected chi connectivity index (χ0v) is 12.0. The number of nitrogens with zero attached hydrogens (tertiary/aromatic N) is 1. The van der Waals surface area contributed by atoms with Gasteiger partial charge in [0.15, 0.2) is 9.84 Å². The fraction of sp³-hybridized carbons (Fsp3) is 0.917. The number of rotatable bonds is 7. The summed E-state index contributed by atoms with van der Waals surface area (Å²) >= 11 is 0. The zero-order chi connectivity index (χ0) is 13.6. The summed E-state index contributed by atoms with van der Waals surface area (Å²) in [5, 5.41) is 0. The maximum Gasteiger partial charge on any atom is 0.323 e. The van der Waals surface area contributed by atoms with Crippen molar-refractivity contribution in [3.63, 3.8) is 0 Å². The molecular formula is C12H23NO4S. The Hall–Kier alpha value is -0.620. The summed E-state index contributed by atoms with van der Waals surface area (Å²) in [6.07, 6.45) is 2.34. The van der Waals surface area contributed by atoms with Gasteiger partial charge in [-0.1, -0.05) is 6.92 Å². The van der Waals surface area contributed by atoms with Gasteiger partial charge in [-0.05, 0) is 32.7 Å². The SMILES string of the molecule is CCCS(=O)(=O)CCN1CCCC1C(=O)OCC. The van der Waals surface area contributed by atoms with Crippen molar-refractivity contribution in [3.8, 4) is 0 Å². The molecule has 0 spiro atoms. The minimum atomic E-state index is -2.97. The van der Waals surface area contributed by atoms with E-state index in [1.165, 1.54) is 0 Å². The van der Waals surface area contributed by atoms with Crippen LogP contribution in [0.3, 0.4) is 0 Å². The van der Waals surface area contributed by atoms with Gasteiger partial charge in [0.2, 0.25) is 0 Å². The molecule has 5 nitrogen and oxygen atoms in total. The van der Waals surface area contributed by atoms with Crippen molar-refractivity contribution < 1.29 is 17.9 Å². The van der Waals surface area contributed by atoms with Gasteiger partial charge in [-0.2, -0.15) is 0 Å². The lowest BCUT2D eigenvalue weighted by atomic mass is 10.2. The Morgan fingerprint density at radius 1 is 1.33 bits per heavy atom. The molecule has 0 aromatic heterocycles. The predicted octanol–water partition coefficient (Wildman–Crippen LogP) is 0.839. The first-order valence-electron chi connectivity index (χ1n) is 6.61. The summed E-state index contributed by atoms with van der Waals surface area (Å²) in [5.74, 6) is 0.143. The van der Waals surface area contributed by atoms with Crippen LogP contribution in [0.1, 0.15) is 33.1 Å². The summed E-state index contributed by atoms with van der Waals surface area (Å²) in [7, 11) is -2.97. The Bertz CT molecular complexity index is 366. The molecular weight excluding hydrogens is 254 g/mol. The van der Waals surface area contributed by atoms with Crippen molar-refractivity contribution in [2.24, 2.45) is 0 Å². The van der Waals surface area contributed by atoms with E-state index >= 15 is 0 Å². The number of likely N-dealkylation sites (tertiary alicyclic amines) is 1. The molecule has 6 heteroatoms. The normalized spacial score (nSPS) is 21.1. The van der Waals surface area contributed by atoms with E-state index in [0.717, 1.165) is 19.4 Å². The van der Waals surface area contributed by atoms with Crippen LogP contribution in [0.25, 0.3) is 0 Å². The van der Waals surface area contributed by atoms with Gasteiger partial charge in [-0.15, -0.1) is 0 Å². The highest BCUT2D eigenvalue weighted by Gasteiger charge is 2.32. The second-order valence-electron chi connectivity index (χ2n) is 4.60. The maximum absolute atomic E-state index is 11.7. The summed E-state index contributed by atoms with van der Waals surface area (Å²) in [6.45, 7) is 5.23. The fourth-order valence-electron chi connectivity index (χ4n) is 2.27. The lowest BCUT2D eigenvalue weighted by Crippen LogP contribution is -2.40. The molecule has 18 heavy (non-hydrogen) atoms. The third kappa shape index (κ3) is 4.57. The van der Waals surface area contributed by atoms with Crippen molar-refractivity contribution in [3.05, 3.63) is 0 Å². The maximum atomic E-state index is 11.7. The first-order chi connectivity index (χ1) is 8.50. The average molecular weight is 277 g/mol. The number of ether oxygens (including phenoxy) is 1. The molecule has 0 N–H and O–H groups in total.